The fourth-order valence-corrected chi connectivity index (χ4v) is 4.01. The molecule has 130 valence electrons. The molecule has 0 aliphatic carbocycles. The van der Waals surface area contributed by atoms with Crippen molar-refractivity contribution in [2.45, 2.75) is 26.1 Å². The van der Waals surface area contributed by atoms with Crippen LogP contribution in [-0.2, 0) is 19.1 Å². The minimum Gasteiger partial charge on any atom is -0.383 e. The summed E-state index contributed by atoms with van der Waals surface area (Å²) in [7, 11) is 1.56. The van der Waals surface area contributed by atoms with E-state index in [0.29, 0.717) is 31.0 Å². The summed E-state index contributed by atoms with van der Waals surface area (Å²) in [5.41, 5.74) is 1.01. The van der Waals surface area contributed by atoms with Crippen molar-refractivity contribution in [3.8, 4) is 0 Å². The van der Waals surface area contributed by atoms with Gasteiger partial charge in [0.1, 0.15) is 5.70 Å². The minimum absolute atomic E-state index is 0.0155. The third-order valence-corrected chi connectivity index (χ3v) is 5.05. The first-order valence-corrected chi connectivity index (χ1v) is 8.94. The Kier molecular flexibility index (Phi) is 5.03. The Labute approximate surface area is 145 Å². The molecule has 0 aromatic carbocycles. The van der Waals surface area contributed by atoms with Gasteiger partial charge in [0.05, 0.1) is 30.9 Å². The molecule has 2 aliphatic heterocycles. The number of nitrogens with zero attached hydrogens (tertiary/aromatic N) is 2. The van der Waals surface area contributed by atoms with E-state index >= 15 is 0 Å². The van der Waals surface area contributed by atoms with Gasteiger partial charge in [0.25, 0.3) is 11.8 Å². The lowest BCUT2D eigenvalue weighted by Crippen LogP contribution is -2.47. The molecule has 1 aromatic heterocycles. The van der Waals surface area contributed by atoms with E-state index in [1.807, 2.05) is 36.3 Å². The van der Waals surface area contributed by atoms with E-state index in [1.54, 1.807) is 7.11 Å². The van der Waals surface area contributed by atoms with Crippen molar-refractivity contribution < 1.29 is 19.1 Å². The van der Waals surface area contributed by atoms with Crippen molar-refractivity contribution in [2.75, 3.05) is 33.4 Å². The van der Waals surface area contributed by atoms with Crippen molar-refractivity contribution in [2.24, 2.45) is 0 Å². The molecule has 1 saturated heterocycles. The second kappa shape index (κ2) is 7.04. The van der Waals surface area contributed by atoms with Crippen LogP contribution < -0.4 is 0 Å². The predicted molar refractivity (Wildman–Crippen MR) is 91.4 cm³/mol. The van der Waals surface area contributed by atoms with Crippen LogP contribution in [0.1, 0.15) is 18.7 Å². The van der Waals surface area contributed by atoms with Crippen molar-refractivity contribution in [1.29, 1.82) is 0 Å². The van der Waals surface area contributed by atoms with E-state index in [0.717, 1.165) is 4.88 Å². The predicted octanol–water partition coefficient (Wildman–Crippen LogP) is 1.58. The highest BCUT2D eigenvalue weighted by Crippen LogP contribution is 2.34. The van der Waals surface area contributed by atoms with Crippen LogP contribution in [0.3, 0.4) is 0 Å². The molecule has 2 atom stereocenters. The van der Waals surface area contributed by atoms with Gasteiger partial charge >= 0.3 is 0 Å². The second-order valence-corrected chi connectivity index (χ2v) is 7.07. The van der Waals surface area contributed by atoms with Crippen LogP contribution in [-0.4, -0.2) is 67.2 Å². The number of hydrogen-bond acceptors (Lipinski definition) is 6. The molecule has 2 unspecified atom stereocenters. The van der Waals surface area contributed by atoms with Crippen molar-refractivity contribution in [1.82, 2.24) is 9.80 Å². The average molecular weight is 350 g/mol. The summed E-state index contributed by atoms with van der Waals surface area (Å²) in [6.45, 7) is 5.77. The summed E-state index contributed by atoms with van der Waals surface area (Å²) in [5.74, 6) is -0.469. The molecule has 7 heteroatoms. The lowest BCUT2D eigenvalue weighted by Gasteiger charge is -2.37. The fraction of sp³-hybridized carbons (Fsp3) is 0.529. The van der Waals surface area contributed by atoms with Crippen LogP contribution in [0.4, 0.5) is 0 Å². The number of methoxy groups -OCH3 is 1. The van der Waals surface area contributed by atoms with Gasteiger partial charge in [-0.15, -0.1) is 11.3 Å². The zero-order valence-electron chi connectivity index (χ0n) is 14.2. The van der Waals surface area contributed by atoms with Gasteiger partial charge in [-0.1, -0.05) is 6.07 Å². The van der Waals surface area contributed by atoms with E-state index < -0.39 is 0 Å². The number of imide groups is 1. The normalized spacial score (nSPS) is 25.1. The van der Waals surface area contributed by atoms with Crippen molar-refractivity contribution in [3.05, 3.63) is 28.1 Å². The summed E-state index contributed by atoms with van der Waals surface area (Å²) in [6.07, 6.45) is 0.0310. The van der Waals surface area contributed by atoms with Crippen LogP contribution in [0.2, 0.25) is 0 Å². The topological polar surface area (TPSA) is 59.1 Å². The van der Waals surface area contributed by atoms with Gasteiger partial charge in [-0.25, -0.2) is 0 Å². The largest absolute Gasteiger partial charge is 0.383 e. The number of morpholine rings is 1. The second-order valence-electron chi connectivity index (χ2n) is 6.12. The first-order chi connectivity index (χ1) is 11.5. The minimum atomic E-state index is -0.235. The van der Waals surface area contributed by atoms with E-state index in [9.17, 15) is 9.59 Å². The zero-order valence-corrected chi connectivity index (χ0v) is 15.0. The lowest BCUT2D eigenvalue weighted by atomic mass is 10.1. The quantitative estimate of drug-likeness (QED) is 0.755. The van der Waals surface area contributed by atoms with E-state index in [2.05, 4.69) is 0 Å². The first-order valence-electron chi connectivity index (χ1n) is 8.06. The molecule has 0 N–H and O–H groups in total. The van der Waals surface area contributed by atoms with Crippen LogP contribution in [0.15, 0.2) is 23.2 Å². The molecule has 24 heavy (non-hydrogen) atoms. The third kappa shape index (κ3) is 3.11. The third-order valence-electron chi connectivity index (χ3n) is 4.17. The van der Waals surface area contributed by atoms with E-state index in [1.165, 1.54) is 16.2 Å². The monoisotopic (exact) mass is 350 g/mol. The Morgan fingerprint density at radius 1 is 1.25 bits per heavy atom. The van der Waals surface area contributed by atoms with Crippen LogP contribution in [0, 0.1) is 0 Å². The van der Waals surface area contributed by atoms with Crippen LogP contribution >= 0.6 is 11.3 Å². The fourth-order valence-electron chi connectivity index (χ4n) is 3.25. The molecule has 0 radical (unpaired) electrons. The standard InChI is InChI=1S/C17H22N2O4S/c1-11-9-18(10-12(2)23-11)15-14(13-5-4-8-24-13)16(20)19(17(15)21)6-7-22-3/h4-5,8,11-12H,6-7,9-10H2,1-3H3. The highest BCUT2D eigenvalue weighted by Gasteiger charge is 2.43. The summed E-state index contributed by atoms with van der Waals surface area (Å²) in [4.78, 5) is 30.0. The van der Waals surface area contributed by atoms with Gasteiger partial charge in [-0.3, -0.25) is 14.5 Å². The molecular formula is C17H22N2O4S. The zero-order chi connectivity index (χ0) is 17.3. The Bertz CT molecular complexity index is 646. The van der Waals surface area contributed by atoms with E-state index in [-0.39, 0.29) is 30.6 Å². The van der Waals surface area contributed by atoms with Gasteiger partial charge in [-0.2, -0.15) is 0 Å². The molecule has 3 heterocycles. The average Bonchev–Trinajstić information content (AvgIpc) is 3.12. The number of rotatable bonds is 5. The number of carbonyl (C=O) groups excluding carboxylic acids is 2. The first kappa shape index (κ1) is 17.1. The Morgan fingerprint density at radius 3 is 2.54 bits per heavy atom. The number of hydrogen-bond donors (Lipinski definition) is 0. The number of ether oxygens (including phenoxy) is 2. The molecule has 6 nitrogen and oxygen atoms in total. The SMILES string of the molecule is COCCN1C(=O)C(c2cccs2)=C(N2CC(C)OC(C)C2)C1=O. The molecule has 0 bridgehead atoms. The smallest absolute Gasteiger partial charge is 0.277 e. The summed E-state index contributed by atoms with van der Waals surface area (Å²) < 4.78 is 10.8. The lowest BCUT2D eigenvalue weighted by molar-refractivity contribution is -0.139. The Hall–Kier alpha value is -1.70. The molecule has 1 aromatic rings. The van der Waals surface area contributed by atoms with Gasteiger partial charge < -0.3 is 14.4 Å². The molecule has 0 spiro atoms. The summed E-state index contributed by atoms with van der Waals surface area (Å²) >= 11 is 1.47. The number of carbonyl (C=O) groups is 2. The van der Waals surface area contributed by atoms with Gasteiger partial charge in [-0.05, 0) is 25.3 Å². The van der Waals surface area contributed by atoms with Crippen LogP contribution in [0.25, 0.3) is 5.57 Å². The molecule has 2 amide bonds. The number of thiophene rings is 1. The molecule has 3 rings (SSSR count). The maximum atomic E-state index is 13.0. The summed E-state index contributed by atoms with van der Waals surface area (Å²) in [6, 6.07) is 3.78. The van der Waals surface area contributed by atoms with Gasteiger partial charge in [0.2, 0.25) is 0 Å². The molecule has 2 aliphatic rings. The molecule has 1 fully saturated rings. The van der Waals surface area contributed by atoms with Gasteiger partial charge in [0.15, 0.2) is 0 Å². The van der Waals surface area contributed by atoms with Crippen molar-refractivity contribution >= 4 is 28.7 Å². The summed E-state index contributed by atoms with van der Waals surface area (Å²) in [5, 5.41) is 1.92. The highest BCUT2D eigenvalue weighted by molar-refractivity contribution is 7.11. The van der Waals surface area contributed by atoms with Crippen molar-refractivity contribution in [3.63, 3.8) is 0 Å². The van der Waals surface area contributed by atoms with Crippen LogP contribution in [0.5, 0.6) is 0 Å². The highest BCUT2D eigenvalue weighted by atomic mass is 32.1. The number of amides is 2. The molecular weight excluding hydrogens is 328 g/mol. The Balaban J connectivity index is 1.99. The van der Waals surface area contributed by atoms with Gasteiger partial charge in [0, 0.05) is 25.1 Å². The Morgan fingerprint density at radius 2 is 1.96 bits per heavy atom. The van der Waals surface area contributed by atoms with E-state index in [4.69, 9.17) is 9.47 Å². The maximum absolute atomic E-state index is 13.0. The molecule has 0 saturated carbocycles. The maximum Gasteiger partial charge on any atom is 0.277 e.